The molecule has 0 saturated heterocycles. The first-order valence-corrected chi connectivity index (χ1v) is 6.56. The monoisotopic (exact) mass is 287 g/mol. The van der Waals surface area contributed by atoms with Gasteiger partial charge < -0.3 is 16.3 Å². The van der Waals surface area contributed by atoms with E-state index in [2.05, 4.69) is 10.5 Å². The second-order valence-electron chi connectivity index (χ2n) is 3.79. The summed E-state index contributed by atoms with van der Waals surface area (Å²) in [6, 6.07) is -0.702. The van der Waals surface area contributed by atoms with E-state index in [9.17, 15) is 21.6 Å². The van der Waals surface area contributed by atoms with Gasteiger partial charge in [-0.25, -0.2) is 8.42 Å². The molecule has 10 heteroatoms. The molecule has 0 aliphatic carbocycles. The molecule has 2 atom stereocenters. The highest BCUT2D eigenvalue weighted by Crippen LogP contribution is 2.26. The standard InChI is InChI=1S/C8H12F3N3O3S/c9-8(10,11)6(7(12)14-15)3-13-5-1-2-18(16,17)4-5/h1-2,5-6,13,15H,3-4H2,(H2,12,14). The Balaban J connectivity index is 2.63. The molecule has 6 nitrogen and oxygen atoms in total. The number of amidine groups is 1. The third kappa shape index (κ3) is 3.88. The molecule has 1 rings (SSSR count). The number of oxime groups is 1. The van der Waals surface area contributed by atoms with Crippen LogP contribution in [0.25, 0.3) is 0 Å². The van der Waals surface area contributed by atoms with E-state index in [1.165, 1.54) is 6.08 Å². The van der Waals surface area contributed by atoms with Crippen molar-refractivity contribution in [2.75, 3.05) is 12.3 Å². The average molecular weight is 287 g/mol. The lowest BCUT2D eigenvalue weighted by Gasteiger charge is -2.20. The first-order chi connectivity index (χ1) is 8.15. The minimum absolute atomic E-state index is 0.298. The number of hydrogen-bond acceptors (Lipinski definition) is 5. The van der Waals surface area contributed by atoms with Gasteiger partial charge >= 0.3 is 6.18 Å². The smallest absolute Gasteiger partial charge is 0.400 e. The van der Waals surface area contributed by atoms with Gasteiger partial charge in [-0.3, -0.25) is 0 Å². The zero-order valence-electron chi connectivity index (χ0n) is 9.05. The van der Waals surface area contributed by atoms with Crippen molar-refractivity contribution < 1.29 is 26.8 Å². The molecule has 4 N–H and O–H groups in total. The van der Waals surface area contributed by atoms with Gasteiger partial charge in [0.05, 0.1) is 5.75 Å². The van der Waals surface area contributed by atoms with Crippen LogP contribution in [0.3, 0.4) is 0 Å². The van der Waals surface area contributed by atoms with Crippen LogP contribution in [-0.2, 0) is 9.84 Å². The van der Waals surface area contributed by atoms with Crippen LogP contribution >= 0.6 is 0 Å². The molecular formula is C8H12F3N3O3S. The predicted molar refractivity (Wildman–Crippen MR) is 57.7 cm³/mol. The molecule has 104 valence electrons. The first-order valence-electron chi connectivity index (χ1n) is 4.84. The van der Waals surface area contributed by atoms with Gasteiger partial charge in [0.2, 0.25) is 0 Å². The second kappa shape index (κ2) is 5.14. The SMILES string of the molecule is N/C(=N/O)C(CNC1C=CS(=O)(=O)C1)C(F)(F)F. The Hall–Kier alpha value is -1.29. The normalized spacial score (nSPS) is 25.3. The topological polar surface area (TPSA) is 105 Å². The van der Waals surface area contributed by atoms with Gasteiger partial charge in [-0.1, -0.05) is 11.2 Å². The summed E-state index contributed by atoms with van der Waals surface area (Å²) < 4.78 is 59.7. The Morgan fingerprint density at radius 1 is 1.61 bits per heavy atom. The average Bonchev–Trinajstić information content (AvgIpc) is 2.56. The van der Waals surface area contributed by atoms with Crippen LogP contribution in [0.5, 0.6) is 0 Å². The van der Waals surface area contributed by atoms with Crippen molar-refractivity contribution in [3.63, 3.8) is 0 Å². The Morgan fingerprint density at radius 2 is 2.22 bits per heavy atom. The Morgan fingerprint density at radius 3 is 2.61 bits per heavy atom. The van der Waals surface area contributed by atoms with Crippen LogP contribution in [0.1, 0.15) is 0 Å². The zero-order valence-corrected chi connectivity index (χ0v) is 9.87. The highest BCUT2D eigenvalue weighted by Gasteiger charge is 2.43. The molecule has 18 heavy (non-hydrogen) atoms. The van der Waals surface area contributed by atoms with Crippen molar-refractivity contribution in [1.82, 2.24) is 5.32 Å². The summed E-state index contributed by atoms with van der Waals surface area (Å²) >= 11 is 0. The molecule has 0 aromatic rings. The van der Waals surface area contributed by atoms with Gasteiger partial charge in [0.15, 0.2) is 15.7 Å². The molecule has 1 aliphatic heterocycles. The number of nitrogens with two attached hydrogens (primary N) is 1. The molecule has 2 unspecified atom stereocenters. The number of halogens is 3. The number of rotatable bonds is 4. The van der Waals surface area contributed by atoms with E-state index in [0.29, 0.717) is 0 Å². The number of nitrogens with zero attached hydrogens (tertiary/aromatic N) is 1. The minimum Gasteiger partial charge on any atom is -0.409 e. The van der Waals surface area contributed by atoms with Crippen LogP contribution in [0.2, 0.25) is 0 Å². The Labute approximate surface area is 101 Å². The molecule has 0 aromatic carbocycles. The van der Waals surface area contributed by atoms with Crippen LogP contribution in [-0.4, -0.2) is 44.0 Å². The van der Waals surface area contributed by atoms with Gasteiger partial charge in [-0.2, -0.15) is 13.2 Å². The van der Waals surface area contributed by atoms with Crippen LogP contribution in [0.15, 0.2) is 16.6 Å². The molecule has 0 radical (unpaired) electrons. The summed E-state index contributed by atoms with van der Waals surface area (Å²) in [5.74, 6) is -3.44. The molecule has 0 saturated carbocycles. The fourth-order valence-corrected chi connectivity index (χ4v) is 2.70. The largest absolute Gasteiger partial charge is 0.409 e. The van der Waals surface area contributed by atoms with E-state index in [1.54, 1.807) is 0 Å². The van der Waals surface area contributed by atoms with Gasteiger partial charge in [0, 0.05) is 18.0 Å². The maximum absolute atomic E-state index is 12.5. The van der Waals surface area contributed by atoms with Crippen molar-refractivity contribution >= 4 is 15.7 Å². The van der Waals surface area contributed by atoms with E-state index in [4.69, 9.17) is 10.9 Å². The van der Waals surface area contributed by atoms with Crippen molar-refractivity contribution in [1.29, 1.82) is 0 Å². The maximum atomic E-state index is 12.5. The number of hydrogen-bond donors (Lipinski definition) is 3. The number of sulfone groups is 1. The van der Waals surface area contributed by atoms with Crippen molar-refractivity contribution in [2.24, 2.45) is 16.8 Å². The van der Waals surface area contributed by atoms with Crippen molar-refractivity contribution in [2.45, 2.75) is 12.2 Å². The van der Waals surface area contributed by atoms with E-state index >= 15 is 0 Å². The highest BCUT2D eigenvalue weighted by molar-refractivity contribution is 7.94. The third-order valence-electron chi connectivity index (χ3n) is 2.38. The minimum atomic E-state index is -4.68. The van der Waals surface area contributed by atoms with Crippen molar-refractivity contribution in [3.05, 3.63) is 11.5 Å². The van der Waals surface area contributed by atoms with Gasteiger partial charge in [-0.15, -0.1) is 0 Å². The number of alkyl halides is 3. The molecule has 0 bridgehead atoms. The van der Waals surface area contributed by atoms with E-state index in [1.807, 2.05) is 0 Å². The van der Waals surface area contributed by atoms with Gasteiger partial charge in [0.25, 0.3) is 0 Å². The van der Waals surface area contributed by atoms with Crippen LogP contribution < -0.4 is 11.1 Å². The van der Waals surface area contributed by atoms with Gasteiger partial charge in [-0.05, 0) is 0 Å². The first kappa shape index (κ1) is 14.8. The molecule has 0 spiro atoms. The molecule has 0 amide bonds. The van der Waals surface area contributed by atoms with E-state index in [-0.39, 0.29) is 5.75 Å². The fourth-order valence-electron chi connectivity index (χ4n) is 1.43. The maximum Gasteiger partial charge on any atom is 0.400 e. The quantitative estimate of drug-likeness (QED) is 0.288. The van der Waals surface area contributed by atoms with E-state index in [0.717, 1.165) is 5.41 Å². The summed E-state index contributed by atoms with van der Waals surface area (Å²) in [5.41, 5.74) is 4.95. The highest BCUT2D eigenvalue weighted by atomic mass is 32.2. The second-order valence-corrected chi connectivity index (χ2v) is 5.72. The summed E-state index contributed by atoms with van der Waals surface area (Å²) in [6.45, 7) is -0.663. The third-order valence-corrected chi connectivity index (χ3v) is 3.78. The van der Waals surface area contributed by atoms with E-state index < -0.39 is 40.4 Å². The summed E-state index contributed by atoms with van der Waals surface area (Å²) in [6.07, 6.45) is -3.42. The van der Waals surface area contributed by atoms with Crippen molar-refractivity contribution in [3.8, 4) is 0 Å². The molecular weight excluding hydrogens is 275 g/mol. The Kier molecular flexibility index (Phi) is 4.22. The lowest BCUT2D eigenvalue weighted by atomic mass is 10.1. The van der Waals surface area contributed by atoms with Gasteiger partial charge in [0.1, 0.15) is 5.92 Å². The fraction of sp³-hybridized carbons (Fsp3) is 0.625. The number of nitrogens with one attached hydrogen (secondary N) is 1. The molecule has 0 aromatic heterocycles. The van der Waals surface area contributed by atoms with Crippen LogP contribution in [0.4, 0.5) is 13.2 Å². The summed E-state index contributed by atoms with van der Waals surface area (Å²) in [4.78, 5) is 0. The summed E-state index contributed by atoms with van der Waals surface area (Å²) in [5, 5.41) is 13.9. The Bertz CT molecular complexity index is 458. The predicted octanol–water partition coefficient (Wildman–Crippen LogP) is -0.188. The molecule has 0 fully saturated rings. The molecule has 1 aliphatic rings. The lowest BCUT2D eigenvalue weighted by Crippen LogP contribution is -2.45. The lowest BCUT2D eigenvalue weighted by molar-refractivity contribution is -0.155. The van der Waals surface area contributed by atoms with Crippen LogP contribution in [0, 0.1) is 5.92 Å². The zero-order chi connectivity index (χ0) is 14.0. The summed E-state index contributed by atoms with van der Waals surface area (Å²) in [7, 11) is -3.34. The molecule has 1 heterocycles.